The molecule has 0 bridgehead atoms. The van der Waals surface area contributed by atoms with Gasteiger partial charge < -0.3 is 5.11 Å². The van der Waals surface area contributed by atoms with E-state index in [1.165, 1.54) is 6.42 Å². The van der Waals surface area contributed by atoms with E-state index in [1.54, 1.807) is 0 Å². The second kappa shape index (κ2) is 16.4. The highest BCUT2D eigenvalue weighted by Gasteiger charge is 1.76. The molecular weight excluding hydrogens is 136 g/mol. The van der Waals surface area contributed by atoms with Crippen molar-refractivity contribution >= 4 is 0 Å². The zero-order chi connectivity index (χ0) is 8.95. The van der Waals surface area contributed by atoms with E-state index in [2.05, 4.69) is 26.0 Å². The molecule has 1 nitrogen and oxygen atoms in total. The predicted octanol–water partition coefficient (Wildman–Crippen LogP) is 3.14. The fourth-order valence-corrected chi connectivity index (χ4v) is 0.598. The van der Waals surface area contributed by atoms with Crippen LogP contribution in [-0.2, 0) is 0 Å². The lowest BCUT2D eigenvalue weighted by atomic mass is 10.3. The molecule has 1 N–H and O–H groups in total. The maximum Gasteiger partial charge on any atom is 0.0431 e. The molecule has 0 aliphatic carbocycles. The molecule has 68 valence electrons. The highest BCUT2D eigenvalue weighted by atomic mass is 16.2. The average Bonchev–Trinajstić information content (AvgIpc) is 2.04. The van der Waals surface area contributed by atoms with Crippen molar-refractivity contribution < 1.29 is 5.11 Å². The van der Waals surface area contributed by atoms with Gasteiger partial charge in [-0.25, -0.2) is 0 Å². The van der Waals surface area contributed by atoms with Crippen LogP contribution in [0.1, 0.15) is 46.5 Å². The minimum Gasteiger partial charge on any atom is -0.396 e. The molecule has 0 aromatic heterocycles. The number of unbranched alkanes of at least 4 members (excludes halogenated alkanes) is 2. The van der Waals surface area contributed by atoms with E-state index in [0.717, 1.165) is 19.3 Å². The van der Waals surface area contributed by atoms with Crippen molar-refractivity contribution in [1.29, 1.82) is 0 Å². The van der Waals surface area contributed by atoms with E-state index in [-0.39, 0.29) is 0 Å². The highest BCUT2D eigenvalue weighted by Crippen LogP contribution is 1.89. The van der Waals surface area contributed by atoms with Crippen LogP contribution in [0.5, 0.6) is 0 Å². The standard InChI is InChI=1S/C5H12O.C5H10/c1-2-3-4-5-6;1-3-5-4-2/h6H,2-5H2,1H3;3,5H,4H2,1-2H3. The molecule has 0 aliphatic heterocycles. The van der Waals surface area contributed by atoms with Crippen molar-refractivity contribution in [3.8, 4) is 0 Å². The van der Waals surface area contributed by atoms with Gasteiger partial charge in [0.15, 0.2) is 0 Å². The molecule has 0 rings (SSSR count). The van der Waals surface area contributed by atoms with E-state index in [4.69, 9.17) is 5.11 Å². The molecule has 0 atom stereocenters. The summed E-state index contributed by atoms with van der Waals surface area (Å²) in [6.45, 7) is 6.63. The molecule has 0 aromatic carbocycles. The first-order chi connectivity index (χ1) is 5.33. The number of aliphatic hydroxyl groups is 1. The molecule has 0 radical (unpaired) electrons. The second-order valence-electron chi connectivity index (χ2n) is 2.41. The van der Waals surface area contributed by atoms with Crippen LogP contribution in [0.25, 0.3) is 0 Å². The topological polar surface area (TPSA) is 20.2 Å². The summed E-state index contributed by atoms with van der Waals surface area (Å²) in [6, 6.07) is 0. The molecule has 0 fully saturated rings. The maximum absolute atomic E-state index is 8.20. The third-order valence-electron chi connectivity index (χ3n) is 1.23. The summed E-state index contributed by atoms with van der Waals surface area (Å²) in [5, 5.41) is 8.20. The van der Waals surface area contributed by atoms with Crippen molar-refractivity contribution in [2.45, 2.75) is 46.5 Å². The van der Waals surface area contributed by atoms with Gasteiger partial charge in [0.25, 0.3) is 0 Å². The van der Waals surface area contributed by atoms with E-state index >= 15 is 0 Å². The lowest BCUT2D eigenvalue weighted by molar-refractivity contribution is 0.284. The third-order valence-corrected chi connectivity index (χ3v) is 1.23. The van der Waals surface area contributed by atoms with E-state index in [9.17, 15) is 0 Å². The Hall–Kier alpha value is -0.300. The van der Waals surface area contributed by atoms with Gasteiger partial charge in [-0.1, -0.05) is 38.8 Å². The predicted molar refractivity (Wildman–Crippen MR) is 51.7 cm³/mol. The maximum atomic E-state index is 8.20. The summed E-state index contributed by atoms with van der Waals surface area (Å²) < 4.78 is 0. The Kier molecular flexibility index (Phi) is 19.8. The Balaban J connectivity index is 0. The van der Waals surface area contributed by atoms with Gasteiger partial charge in [0.2, 0.25) is 0 Å². The monoisotopic (exact) mass is 158 g/mol. The first kappa shape index (κ1) is 13.3. The van der Waals surface area contributed by atoms with Gasteiger partial charge in [-0.05, 0) is 19.8 Å². The van der Waals surface area contributed by atoms with Crippen LogP contribution in [0.3, 0.4) is 0 Å². The van der Waals surface area contributed by atoms with E-state index in [0.29, 0.717) is 6.61 Å². The van der Waals surface area contributed by atoms with Crippen LogP contribution in [0, 0.1) is 0 Å². The molecule has 0 saturated carbocycles. The van der Waals surface area contributed by atoms with Gasteiger partial charge in [0, 0.05) is 6.61 Å². The molecule has 0 saturated heterocycles. The summed E-state index contributed by atoms with van der Waals surface area (Å²) in [7, 11) is 0. The first-order valence-electron chi connectivity index (χ1n) is 4.55. The normalized spacial score (nSPS) is 9.45. The smallest absolute Gasteiger partial charge is 0.0431 e. The molecule has 0 aliphatic rings. The molecule has 0 spiro atoms. The Labute approximate surface area is 71.1 Å². The van der Waals surface area contributed by atoms with Crippen molar-refractivity contribution in [1.82, 2.24) is 0 Å². The number of rotatable bonds is 4. The summed E-state index contributed by atoms with van der Waals surface area (Å²) in [6.07, 6.45) is 8.67. The van der Waals surface area contributed by atoms with Gasteiger partial charge in [-0.3, -0.25) is 0 Å². The van der Waals surface area contributed by atoms with Gasteiger partial charge in [0.1, 0.15) is 0 Å². The molecule has 11 heavy (non-hydrogen) atoms. The van der Waals surface area contributed by atoms with Crippen molar-refractivity contribution in [3.05, 3.63) is 12.2 Å². The summed E-state index contributed by atoms with van der Waals surface area (Å²) in [5.41, 5.74) is 0. The second-order valence-corrected chi connectivity index (χ2v) is 2.41. The largest absolute Gasteiger partial charge is 0.396 e. The van der Waals surface area contributed by atoms with Crippen molar-refractivity contribution in [3.63, 3.8) is 0 Å². The quantitative estimate of drug-likeness (QED) is 0.492. The Morgan fingerprint density at radius 2 is 1.82 bits per heavy atom. The lowest BCUT2D eigenvalue weighted by Crippen LogP contribution is -1.78. The van der Waals surface area contributed by atoms with Gasteiger partial charge >= 0.3 is 0 Å². The van der Waals surface area contributed by atoms with Crippen LogP contribution in [0.4, 0.5) is 0 Å². The zero-order valence-corrected chi connectivity index (χ0v) is 8.14. The van der Waals surface area contributed by atoms with Crippen LogP contribution >= 0.6 is 0 Å². The summed E-state index contributed by atoms with van der Waals surface area (Å²) in [5.74, 6) is 0. The van der Waals surface area contributed by atoms with Crippen LogP contribution in [-0.4, -0.2) is 11.7 Å². The van der Waals surface area contributed by atoms with Crippen molar-refractivity contribution in [2.24, 2.45) is 0 Å². The minimum absolute atomic E-state index is 0.355. The Bertz CT molecular complexity index is 63.3. The first-order valence-corrected chi connectivity index (χ1v) is 4.55. The van der Waals surface area contributed by atoms with Crippen LogP contribution < -0.4 is 0 Å². The molecule has 0 amide bonds. The molecule has 0 heterocycles. The highest BCUT2D eigenvalue weighted by molar-refractivity contribution is 4.73. The third kappa shape index (κ3) is 26.0. The lowest BCUT2D eigenvalue weighted by Gasteiger charge is -1.85. The molecular formula is C10H22O. The summed E-state index contributed by atoms with van der Waals surface area (Å²) >= 11 is 0. The molecule has 0 aromatic rings. The fourth-order valence-electron chi connectivity index (χ4n) is 0.598. The van der Waals surface area contributed by atoms with Crippen molar-refractivity contribution in [2.75, 3.05) is 6.61 Å². The van der Waals surface area contributed by atoms with Gasteiger partial charge in [-0.2, -0.15) is 0 Å². The summed E-state index contributed by atoms with van der Waals surface area (Å²) in [4.78, 5) is 0. The Morgan fingerprint density at radius 3 is 1.91 bits per heavy atom. The van der Waals surface area contributed by atoms with E-state index in [1.807, 2.05) is 6.92 Å². The SMILES string of the molecule is CC=CCC.CCCCCO. The minimum atomic E-state index is 0.355. The number of allylic oxidation sites excluding steroid dienone is 2. The molecule has 0 unspecified atom stereocenters. The average molecular weight is 158 g/mol. The van der Waals surface area contributed by atoms with Crippen LogP contribution in [0.2, 0.25) is 0 Å². The fraction of sp³-hybridized carbons (Fsp3) is 0.800. The number of hydrogen-bond acceptors (Lipinski definition) is 1. The van der Waals surface area contributed by atoms with Gasteiger partial charge in [-0.15, -0.1) is 0 Å². The van der Waals surface area contributed by atoms with Gasteiger partial charge in [0.05, 0.1) is 0 Å². The van der Waals surface area contributed by atoms with E-state index < -0.39 is 0 Å². The van der Waals surface area contributed by atoms with Crippen LogP contribution in [0.15, 0.2) is 12.2 Å². The zero-order valence-electron chi connectivity index (χ0n) is 8.14. The number of hydrogen-bond donors (Lipinski definition) is 1. The Morgan fingerprint density at radius 1 is 1.18 bits per heavy atom. The molecule has 1 heteroatoms. The number of aliphatic hydroxyl groups excluding tert-OH is 1.